The van der Waals surface area contributed by atoms with Crippen LogP contribution in [0.4, 0.5) is 4.39 Å². The quantitative estimate of drug-likeness (QED) is 0.639. The van der Waals surface area contributed by atoms with Crippen LogP contribution < -0.4 is 0 Å². The first-order valence-corrected chi connectivity index (χ1v) is 5.98. The molecule has 0 radical (unpaired) electrons. The molecule has 16 heavy (non-hydrogen) atoms. The van der Waals surface area contributed by atoms with E-state index in [4.69, 9.17) is 0 Å². The summed E-state index contributed by atoms with van der Waals surface area (Å²) >= 11 is 0. The van der Waals surface area contributed by atoms with E-state index in [1.165, 1.54) is 25.0 Å². The first-order valence-electron chi connectivity index (χ1n) is 5.98. The van der Waals surface area contributed by atoms with Gasteiger partial charge in [0, 0.05) is 12.8 Å². The number of ketones is 1. The third-order valence-electron chi connectivity index (χ3n) is 2.60. The van der Waals surface area contributed by atoms with Gasteiger partial charge < -0.3 is 0 Å². The lowest BCUT2D eigenvalue weighted by atomic mass is 10.0. The fourth-order valence-corrected chi connectivity index (χ4v) is 1.71. The molecule has 0 spiro atoms. The van der Waals surface area contributed by atoms with Crippen LogP contribution in [-0.2, 0) is 11.2 Å². The summed E-state index contributed by atoms with van der Waals surface area (Å²) in [6, 6.07) is 6.28. The molecule has 1 aromatic carbocycles. The molecule has 1 nitrogen and oxygen atoms in total. The monoisotopic (exact) mass is 222 g/mol. The second kappa shape index (κ2) is 7.15. The average Bonchev–Trinajstić information content (AvgIpc) is 2.24. The van der Waals surface area contributed by atoms with Gasteiger partial charge in [-0.3, -0.25) is 4.79 Å². The van der Waals surface area contributed by atoms with Gasteiger partial charge in [-0.15, -0.1) is 0 Å². The lowest BCUT2D eigenvalue weighted by molar-refractivity contribution is -0.118. The molecule has 0 fully saturated rings. The Morgan fingerprint density at radius 1 is 1.25 bits per heavy atom. The Labute approximate surface area is 96.7 Å². The highest BCUT2D eigenvalue weighted by Gasteiger charge is 2.04. The van der Waals surface area contributed by atoms with Gasteiger partial charge in [0.05, 0.1) is 0 Å². The minimum absolute atomic E-state index is 0.210. The van der Waals surface area contributed by atoms with Crippen molar-refractivity contribution in [3.05, 3.63) is 35.6 Å². The molecule has 1 rings (SSSR count). The molecule has 0 heterocycles. The van der Waals surface area contributed by atoms with E-state index in [1.807, 2.05) is 0 Å². The van der Waals surface area contributed by atoms with E-state index in [-0.39, 0.29) is 11.6 Å². The largest absolute Gasteiger partial charge is 0.299 e. The van der Waals surface area contributed by atoms with Gasteiger partial charge in [0.25, 0.3) is 0 Å². The van der Waals surface area contributed by atoms with Crippen molar-refractivity contribution in [2.45, 2.75) is 45.4 Å². The minimum Gasteiger partial charge on any atom is -0.299 e. The highest BCUT2D eigenvalue weighted by molar-refractivity contribution is 5.80. The van der Waals surface area contributed by atoms with Crippen LogP contribution in [-0.4, -0.2) is 5.78 Å². The van der Waals surface area contributed by atoms with Gasteiger partial charge in [0.2, 0.25) is 0 Å². The van der Waals surface area contributed by atoms with Crippen LogP contribution in [0.25, 0.3) is 0 Å². The summed E-state index contributed by atoms with van der Waals surface area (Å²) in [6.45, 7) is 2.15. The average molecular weight is 222 g/mol. The van der Waals surface area contributed by atoms with Crippen LogP contribution in [0.15, 0.2) is 24.3 Å². The number of Topliss-reactive ketones (excluding diaryl/α,β-unsaturated/α-hetero) is 1. The smallest absolute Gasteiger partial charge is 0.137 e. The first-order chi connectivity index (χ1) is 7.72. The van der Waals surface area contributed by atoms with Crippen LogP contribution in [0.2, 0.25) is 0 Å². The van der Waals surface area contributed by atoms with Crippen molar-refractivity contribution in [1.82, 2.24) is 0 Å². The number of hydrogen-bond acceptors (Lipinski definition) is 1. The number of carbonyl (C=O) groups is 1. The summed E-state index contributed by atoms with van der Waals surface area (Å²) in [5.74, 6) is -0.0574. The standard InChI is InChI=1S/C14H19FO/c1-2-3-4-5-9-14(16)11-12-7-6-8-13(15)10-12/h6-8,10H,2-5,9,11H2,1H3. The Morgan fingerprint density at radius 2 is 2.06 bits per heavy atom. The maximum absolute atomic E-state index is 12.9. The van der Waals surface area contributed by atoms with Gasteiger partial charge in [0.15, 0.2) is 0 Å². The Kier molecular flexibility index (Phi) is 5.76. The van der Waals surface area contributed by atoms with Crippen molar-refractivity contribution in [2.24, 2.45) is 0 Å². The summed E-state index contributed by atoms with van der Waals surface area (Å²) in [7, 11) is 0. The molecule has 0 aliphatic rings. The van der Waals surface area contributed by atoms with Crippen molar-refractivity contribution in [1.29, 1.82) is 0 Å². The molecule has 0 unspecified atom stereocenters. The van der Waals surface area contributed by atoms with E-state index in [0.717, 1.165) is 18.4 Å². The molecule has 0 aliphatic heterocycles. The summed E-state index contributed by atoms with van der Waals surface area (Å²) in [5.41, 5.74) is 0.778. The summed E-state index contributed by atoms with van der Waals surface area (Å²) in [4.78, 5) is 11.6. The van der Waals surface area contributed by atoms with Crippen LogP contribution >= 0.6 is 0 Å². The summed E-state index contributed by atoms with van der Waals surface area (Å²) < 4.78 is 12.9. The van der Waals surface area contributed by atoms with E-state index in [2.05, 4.69) is 6.92 Å². The molecule has 1 aromatic rings. The van der Waals surface area contributed by atoms with Crippen LogP contribution in [0, 0.1) is 5.82 Å². The van der Waals surface area contributed by atoms with E-state index >= 15 is 0 Å². The fraction of sp³-hybridized carbons (Fsp3) is 0.500. The molecular weight excluding hydrogens is 203 g/mol. The predicted octanol–water partition coefficient (Wildman–Crippen LogP) is 3.91. The highest BCUT2D eigenvalue weighted by Crippen LogP contribution is 2.08. The minimum atomic E-state index is -0.267. The van der Waals surface area contributed by atoms with Gasteiger partial charge in [0.1, 0.15) is 11.6 Å². The van der Waals surface area contributed by atoms with E-state index in [1.54, 1.807) is 12.1 Å². The third-order valence-corrected chi connectivity index (χ3v) is 2.60. The molecule has 88 valence electrons. The second-order valence-electron chi connectivity index (χ2n) is 4.16. The molecular formula is C14H19FO. The second-order valence-corrected chi connectivity index (χ2v) is 4.16. The molecule has 2 heteroatoms. The highest BCUT2D eigenvalue weighted by atomic mass is 19.1. The Hall–Kier alpha value is -1.18. The van der Waals surface area contributed by atoms with Crippen LogP contribution in [0.5, 0.6) is 0 Å². The number of rotatable bonds is 7. The molecule has 0 bridgehead atoms. The molecule has 0 aliphatic carbocycles. The Bertz CT molecular complexity index is 333. The van der Waals surface area contributed by atoms with Crippen molar-refractivity contribution in [2.75, 3.05) is 0 Å². The van der Waals surface area contributed by atoms with E-state index < -0.39 is 0 Å². The maximum atomic E-state index is 12.9. The molecule has 0 atom stereocenters. The zero-order chi connectivity index (χ0) is 11.8. The number of benzene rings is 1. The molecule has 0 amide bonds. The molecule has 0 saturated carbocycles. The van der Waals surface area contributed by atoms with Gasteiger partial charge in [-0.25, -0.2) is 4.39 Å². The maximum Gasteiger partial charge on any atom is 0.137 e. The van der Waals surface area contributed by atoms with Crippen molar-refractivity contribution < 1.29 is 9.18 Å². The Balaban J connectivity index is 2.29. The first kappa shape index (κ1) is 12.9. The Morgan fingerprint density at radius 3 is 2.75 bits per heavy atom. The summed E-state index contributed by atoms with van der Waals surface area (Å²) in [6.07, 6.45) is 5.43. The van der Waals surface area contributed by atoms with E-state index in [9.17, 15) is 9.18 Å². The van der Waals surface area contributed by atoms with Gasteiger partial charge >= 0.3 is 0 Å². The van der Waals surface area contributed by atoms with E-state index in [0.29, 0.717) is 12.8 Å². The van der Waals surface area contributed by atoms with Crippen LogP contribution in [0.1, 0.15) is 44.6 Å². The number of halogens is 1. The van der Waals surface area contributed by atoms with Gasteiger partial charge in [-0.1, -0.05) is 38.3 Å². The number of carbonyl (C=O) groups excluding carboxylic acids is 1. The SMILES string of the molecule is CCCCCCC(=O)Cc1cccc(F)c1. The number of unbranched alkanes of at least 4 members (excludes halogenated alkanes) is 3. The zero-order valence-electron chi connectivity index (χ0n) is 9.84. The zero-order valence-corrected chi connectivity index (χ0v) is 9.84. The molecule has 0 N–H and O–H groups in total. The normalized spacial score (nSPS) is 10.4. The summed E-state index contributed by atoms with van der Waals surface area (Å²) in [5, 5.41) is 0. The molecule has 0 saturated heterocycles. The van der Waals surface area contributed by atoms with Crippen molar-refractivity contribution >= 4 is 5.78 Å². The van der Waals surface area contributed by atoms with Gasteiger partial charge in [-0.2, -0.15) is 0 Å². The number of hydrogen-bond donors (Lipinski definition) is 0. The topological polar surface area (TPSA) is 17.1 Å². The van der Waals surface area contributed by atoms with Crippen molar-refractivity contribution in [3.8, 4) is 0 Å². The van der Waals surface area contributed by atoms with Crippen molar-refractivity contribution in [3.63, 3.8) is 0 Å². The third kappa shape index (κ3) is 5.06. The van der Waals surface area contributed by atoms with Crippen LogP contribution in [0.3, 0.4) is 0 Å². The van der Waals surface area contributed by atoms with Gasteiger partial charge in [-0.05, 0) is 24.1 Å². The lowest BCUT2D eigenvalue weighted by Crippen LogP contribution is -2.02. The lowest BCUT2D eigenvalue weighted by Gasteiger charge is -2.01. The fourth-order valence-electron chi connectivity index (χ4n) is 1.71. The molecule has 0 aromatic heterocycles. The predicted molar refractivity (Wildman–Crippen MR) is 63.9 cm³/mol.